The SMILES string of the molecule is CCc1c(OC(F)F)cccc1-n1nnn(C)c1=O. The van der Waals surface area contributed by atoms with Crippen molar-refractivity contribution in [2.45, 2.75) is 20.0 Å². The van der Waals surface area contributed by atoms with Gasteiger partial charge >= 0.3 is 12.3 Å². The Balaban J connectivity index is 2.58. The fourth-order valence-electron chi connectivity index (χ4n) is 1.78. The van der Waals surface area contributed by atoms with E-state index in [1.165, 1.54) is 19.2 Å². The highest BCUT2D eigenvalue weighted by atomic mass is 19.3. The molecule has 0 unspecified atom stereocenters. The molecule has 1 aromatic carbocycles. The minimum atomic E-state index is -2.92. The van der Waals surface area contributed by atoms with Gasteiger partial charge in [0.15, 0.2) is 0 Å². The molecule has 0 saturated carbocycles. The van der Waals surface area contributed by atoms with Crippen LogP contribution < -0.4 is 10.4 Å². The fraction of sp³-hybridized carbons (Fsp3) is 0.364. The Hall–Kier alpha value is -2.25. The molecule has 0 saturated heterocycles. The van der Waals surface area contributed by atoms with Gasteiger partial charge in [0.1, 0.15) is 5.75 Å². The van der Waals surface area contributed by atoms with Crippen LogP contribution in [0, 0.1) is 0 Å². The number of hydrogen-bond acceptors (Lipinski definition) is 4. The van der Waals surface area contributed by atoms with Crippen molar-refractivity contribution in [2.75, 3.05) is 0 Å². The molecule has 0 radical (unpaired) electrons. The Bertz CT molecular complexity index is 636. The largest absolute Gasteiger partial charge is 0.434 e. The van der Waals surface area contributed by atoms with Crippen LogP contribution in [0.25, 0.3) is 5.69 Å². The lowest BCUT2D eigenvalue weighted by molar-refractivity contribution is -0.0504. The van der Waals surface area contributed by atoms with Crippen LogP contribution in [0.5, 0.6) is 5.75 Å². The van der Waals surface area contributed by atoms with Crippen LogP contribution in [0.4, 0.5) is 8.78 Å². The van der Waals surface area contributed by atoms with Crippen molar-refractivity contribution in [3.8, 4) is 11.4 Å². The highest BCUT2D eigenvalue weighted by Gasteiger charge is 2.16. The summed E-state index contributed by atoms with van der Waals surface area (Å²) in [6.45, 7) is -1.14. The Morgan fingerprint density at radius 2 is 2.11 bits per heavy atom. The predicted octanol–water partition coefficient (Wildman–Crippen LogP) is 1.13. The second-order valence-electron chi connectivity index (χ2n) is 3.78. The van der Waals surface area contributed by atoms with Gasteiger partial charge in [-0.1, -0.05) is 13.0 Å². The summed E-state index contributed by atoms with van der Waals surface area (Å²) < 4.78 is 31.2. The van der Waals surface area contributed by atoms with Gasteiger partial charge in [0.25, 0.3) is 0 Å². The van der Waals surface area contributed by atoms with Crippen LogP contribution >= 0.6 is 0 Å². The molecule has 8 heteroatoms. The van der Waals surface area contributed by atoms with E-state index in [4.69, 9.17) is 0 Å². The number of nitrogens with zero attached hydrogens (tertiary/aromatic N) is 4. The molecule has 1 aromatic heterocycles. The summed E-state index contributed by atoms with van der Waals surface area (Å²) in [5.74, 6) is 0.0348. The molecule has 2 rings (SSSR count). The Morgan fingerprint density at radius 1 is 1.37 bits per heavy atom. The van der Waals surface area contributed by atoms with Crippen LogP contribution in [0.15, 0.2) is 23.0 Å². The topological polar surface area (TPSA) is 61.9 Å². The van der Waals surface area contributed by atoms with Gasteiger partial charge < -0.3 is 4.74 Å². The van der Waals surface area contributed by atoms with Gasteiger partial charge in [0, 0.05) is 12.6 Å². The summed E-state index contributed by atoms with van der Waals surface area (Å²) in [5, 5.41) is 7.28. The molecule has 0 spiro atoms. The van der Waals surface area contributed by atoms with E-state index in [1.807, 2.05) is 0 Å². The van der Waals surface area contributed by atoms with Crippen LogP contribution in [-0.4, -0.2) is 26.4 Å². The Labute approximate surface area is 107 Å². The minimum absolute atomic E-state index is 0.0348. The fourth-order valence-corrected chi connectivity index (χ4v) is 1.78. The highest BCUT2D eigenvalue weighted by molar-refractivity contribution is 5.49. The second kappa shape index (κ2) is 5.17. The van der Waals surface area contributed by atoms with E-state index in [0.717, 1.165) is 9.36 Å². The number of aromatic nitrogens is 4. The maximum atomic E-state index is 12.3. The van der Waals surface area contributed by atoms with E-state index in [2.05, 4.69) is 15.2 Å². The zero-order valence-corrected chi connectivity index (χ0v) is 10.4. The van der Waals surface area contributed by atoms with Crippen LogP contribution in [-0.2, 0) is 13.5 Å². The minimum Gasteiger partial charge on any atom is -0.434 e. The van der Waals surface area contributed by atoms with E-state index in [-0.39, 0.29) is 5.75 Å². The number of ether oxygens (including phenoxy) is 1. The van der Waals surface area contributed by atoms with Gasteiger partial charge in [0.2, 0.25) is 0 Å². The third-order valence-electron chi connectivity index (χ3n) is 2.63. The number of alkyl halides is 2. The monoisotopic (exact) mass is 270 g/mol. The molecule has 0 aliphatic heterocycles. The number of rotatable bonds is 4. The molecule has 6 nitrogen and oxygen atoms in total. The Morgan fingerprint density at radius 3 is 2.63 bits per heavy atom. The molecular formula is C11H12F2N4O2. The van der Waals surface area contributed by atoms with E-state index < -0.39 is 12.3 Å². The summed E-state index contributed by atoms with van der Waals surface area (Å²) in [6.07, 6.45) is 0.418. The first-order valence-corrected chi connectivity index (χ1v) is 5.60. The normalized spacial score (nSPS) is 11.0. The van der Waals surface area contributed by atoms with Gasteiger partial charge in [-0.25, -0.2) is 4.79 Å². The Kier molecular flexibility index (Phi) is 3.59. The zero-order chi connectivity index (χ0) is 14.0. The van der Waals surface area contributed by atoms with Crippen LogP contribution in [0.2, 0.25) is 0 Å². The molecule has 0 amide bonds. The second-order valence-corrected chi connectivity index (χ2v) is 3.78. The molecule has 0 aliphatic carbocycles. The van der Waals surface area contributed by atoms with Crippen molar-refractivity contribution in [1.29, 1.82) is 0 Å². The maximum Gasteiger partial charge on any atom is 0.387 e. The quantitative estimate of drug-likeness (QED) is 0.835. The third kappa shape index (κ3) is 2.47. The van der Waals surface area contributed by atoms with Gasteiger partial charge in [-0.3, -0.25) is 0 Å². The first-order valence-electron chi connectivity index (χ1n) is 5.60. The van der Waals surface area contributed by atoms with E-state index in [0.29, 0.717) is 17.7 Å². The molecule has 2 aromatic rings. The molecule has 0 fully saturated rings. The summed E-state index contributed by atoms with van der Waals surface area (Å²) in [6, 6.07) is 4.55. The molecule has 0 N–H and O–H groups in total. The van der Waals surface area contributed by atoms with Crippen molar-refractivity contribution in [1.82, 2.24) is 19.8 Å². The van der Waals surface area contributed by atoms with Gasteiger partial charge in [-0.2, -0.15) is 18.1 Å². The van der Waals surface area contributed by atoms with Gasteiger partial charge in [-0.15, -0.1) is 0 Å². The number of tetrazole rings is 1. The van der Waals surface area contributed by atoms with Crippen molar-refractivity contribution < 1.29 is 13.5 Å². The van der Waals surface area contributed by atoms with Crippen molar-refractivity contribution in [2.24, 2.45) is 7.05 Å². The lowest BCUT2D eigenvalue weighted by Crippen LogP contribution is -2.23. The standard InChI is InChI=1S/C11H12F2N4O2/c1-3-7-8(17-11(18)16(2)14-15-17)5-4-6-9(7)19-10(12)13/h4-6,10H,3H2,1-2H3. The summed E-state index contributed by atoms with van der Waals surface area (Å²) in [5.41, 5.74) is 0.410. The van der Waals surface area contributed by atoms with Crippen molar-refractivity contribution in [3.05, 3.63) is 34.2 Å². The third-order valence-corrected chi connectivity index (χ3v) is 2.63. The number of halogens is 2. The van der Waals surface area contributed by atoms with Crippen LogP contribution in [0.3, 0.4) is 0 Å². The van der Waals surface area contributed by atoms with E-state index >= 15 is 0 Å². The molecular weight excluding hydrogens is 258 g/mol. The van der Waals surface area contributed by atoms with Gasteiger partial charge in [-0.05, 0) is 29.0 Å². The summed E-state index contributed by atoms with van der Waals surface area (Å²) in [4.78, 5) is 11.8. The zero-order valence-electron chi connectivity index (χ0n) is 10.4. The lowest BCUT2D eigenvalue weighted by Gasteiger charge is -2.12. The average Bonchev–Trinajstić information content (AvgIpc) is 2.69. The van der Waals surface area contributed by atoms with Crippen molar-refractivity contribution in [3.63, 3.8) is 0 Å². The van der Waals surface area contributed by atoms with Crippen molar-refractivity contribution >= 4 is 0 Å². The molecule has 102 valence electrons. The highest BCUT2D eigenvalue weighted by Crippen LogP contribution is 2.26. The molecule has 0 aliphatic rings. The average molecular weight is 270 g/mol. The lowest BCUT2D eigenvalue weighted by atomic mass is 10.1. The van der Waals surface area contributed by atoms with Crippen LogP contribution in [0.1, 0.15) is 12.5 Å². The molecule has 19 heavy (non-hydrogen) atoms. The van der Waals surface area contributed by atoms with Gasteiger partial charge in [0.05, 0.1) is 5.69 Å². The first kappa shape index (κ1) is 13.2. The summed E-state index contributed by atoms with van der Waals surface area (Å²) >= 11 is 0. The maximum absolute atomic E-state index is 12.3. The number of benzene rings is 1. The predicted molar refractivity (Wildman–Crippen MR) is 62.6 cm³/mol. The smallest absolute Gasteiger partial charge is 0.387 e. The molecule has 0 atom stereocenters. The van der Waals surface area contributed by atoms with E-state index in [1.54, 1.807) is 13.0 Å². The summed E-state index contributed by atoms with van der Waals surface area (Å²) in [7, 11) is 1.46. The molecule has 0 bridgehead atoms. The first-order chi connectivity index (χ1) is 9.04. The number of hydrogen-bond donors (Lipinski definition) is 0. The molecule has 1 heterocycles. The number of aryl methyl sites for hydroxylation is 1. The van der Waals surface area contributed by atoms with E-state index in [9.17, 15) is 13.6 Å².